The van der Waals surface area contributed by atoms with Crippen molar-refractivity contribution >= 4 is 23.9 Å². The van der Waals surface area contributed by atoms with E-state index in [-0.39, 0.29) is 40.3 Å². The van der Waals surface area contributed by atoms with Crippen molar-refractivity contribution in [2.24, 2.45) is 0 Å². The number of hydrogen-bond donors (Lipinski definition) is 5. The second-order valence-electron chi connectivity index (χ2n) is 1.22. The Morgan fingerprint density at radius 3 is 0.600 bits per heavy atom. The summed E-state index contributed by atoms with van der Waals surface area (Å²) in [7, 11) is 0. The zero-order valence-corrected chi connectivity index (χ0v) is 9.04. The molecule has 11 heteroatoms. The van der Waals surface area contributed by atoms with Gasteiger partial charge in [0.1, 0.15) is 0 Å². The van der Waals surface area contributed by atoms with Gasteiger partial charge in [0.2, 0.25) is 0 Å². The average molecular weight is 309 g/mol. The Labute approximate surface area is 104 Å². The number of aliphatic carboxylic acids is 4. The molecule has 0 aromatic rings. The van der Waals surface area contributed by atoms with Crippen molar-refractivity contribution in [2.45, 2.75) is 0 Å². The fourth-order valence-corrected chi connectivity index (χ4v) is 0. The van der Waals surface area contributed by atoms with E-state index in [1.807, 2.05) is 0 Å². The zero-order valence-electron chi connectivity index (χ0n) is 6.84. The van der Waals surface area contributed by atoms with Gasteiger partial charge in [0.15, 0.2) is 0 Å². The zero-order chi connectivity index (χ0) is 10.3. The first-order chi connectivity index (χ1) is 5.29. The van der Waals surface area contributed by atoms with E-state index in [1.165, 1.54) is 0 Å². The minimum Gasteiger partial charge on any atom is -0.473 e. The fourth-order valence-electron chi connectivity index (χ4n) is 0. The molecule has 0 heterocycles. The maximum atomic E-state index is 9.10. The monoisotopic (exact) mass is 309 g/mol. The van der Waals surface area contributed by atoms with Gasteiger partial charge in [-0.1, -0.05) is 0 Å². The second-order valence-corrected chi connectivity index (χ2v) is 1.22. The van der Waals surface area contributed by atoms with Gasteiger partial charge in [-0.25, -0.2) is 19.2 Å². The van der Waals surface area contributed by atoms with Crippen LogP contribution in [0, 0.1) is 0 Å². The van der Waals surface area contributed by atoms with Crippen LogP contribution in [-0.4, -0.2) is 44.3 Å². The van der Waals surface area contributed by atoms with Crippen LogP contribution in [0.15, 0.2) is 0 Å². The summed E-state index contributed by atoms with van der Waals surface area (Å²) < 4.78 is 0. The van der Waals surface area contributed by atoms with Gasteiger partial charge < -0.3 is 26.6 Å². The molecule has 0 aliphatic rings. The Morgan fingerprint density at radius 2 is 0.600 bits per heavy atom. The molecular weight excluding hydrogens is 302 g/mol. The first-order valence-electron chi connectivity index (χ1n) is 2.21. The van der Waals surface area contributed by atoms with Gasteiger partial charge in [-0.15, -0.1) is 0 Å². The number of carbonyl (C=O) groups is 4. The maximum Gasteiger partial charge on any atom is 0.414 e. The van der Waals surface area contributed by atoms with E-state index in [9.17, 15) is 0 Å². The quantitative estimate of drug-likeness (QED) is 0.261. The van der Waals surface area contributed by atoms with Crippen molar-refractivity contribution in [3.8, 4) is 0 Å². The number of hydrogen-bond acceptors (Lipinski definition) is 5. The molecule has 0 aromatic heterocycles. The fraction of sp³-hybridized carbons (Fsp3) is 0. The molecule has 0 unspecified atom stereocenters. The van der Waals surface area contributed by atoms with Crippen LogP contribution >= 0.6 is 0 Å². The van der Waals surface area contributed by atoms with Gasteiger partial charge in [-0.2, -0.15) is 0 Å². The third kappa shape index (κ3) is 32.2. The Bertz CT molecular complexity index is 181. The second kappa shape index (κ2) is 15.4. The minimum atomic E-state index is -1.82. The molecule has 0 fully saturated rings. The van der Waals surface area contributed by atoms with Crippen molar-refractivity contribution in [2.75, 3.05) is 0 Å². The van der Waals surface area contributed by atoms with Gasteiger partial charge in [-0.05, 0) is 0 Å². The third-order valence-electron chi connectivity index (χ3n) is 0.366. The van der Waals surface area contributed by atoms with Crippen LogP contribution in [-0.2, 0) is 53.3 Å². The van der Waals surface area contributed by atoms with Crippen LogP contribution in [0.3, 0.4) is 0 Å². The summed E-state index contributed by atoms with van der Waals surface area (Å²) in [5, 5.41) is 29.6. The van der Waals surface area contributed by atoms with E-state index >= 15 is 0 Å². The van der Waals surface area contributed by atoms with E-state index in [0.29, 0.717) is 0 Å². The number of rotatable bonds is 0. The molecule has 0 amide bonds. The molecular formula is C4H7Fe2NO8. The van der Waals surface area contributed by atoms with Gasteiger partial charge in [0, 0.05) is 34.1 Å². The van der Waals surface area contributed by atoms with Crippen molar-refractivity contribution in [1.29, 1.82) is 0 Å². The molecule has 0 saturated heterocycles. The van der Waals surface area contributed by atoms with E-state index in [2.05, 4.69) is 0 Å². The summed E-state index contributed by atoms with van der Waals surface area (Å²) in [6, 6.07) is 0. The molecule has 0 rings (SSSR count). The van der Waals surface area contributed by atoms with E-state index in [4.69, 9.17) is 39.6 Å². The molecule has 0 spiro atoms. The van der Waals surface area contributed by atoms with E-state index in [1.54, 1.807) is 0 Å². The maximum absolute atomic E-state index is 9.10. The van der Waals surface area contributed by atoms with Crippen LogP contribution in [0.5, 0.6) is 0 Å². The Balaban J connectivity index is -0.0000000370. The molecule has 0 atom stereocenters. The molecule has 0 aliphatic heterocycles. The first kappa shape index (κ1) is 29.2. The van der Waals surface area contributed by atoms with Crippen LogP contribution in [0.25, 0.3) is 0 Å². The predicted octanol–water partition coefficient (Wildman–Crippen LogP) is -1.53. The van der Waals surface area contributed by atoms with Crippen molar-refractivity contribution in [3.63, 3.8) is 0 Å². The molecule has 7 N–H and O–H groups in total. The predicted molar refractivity (Wildman–Crippen MR) is 35.6 cm³/mol. The summed E-state index contributed by atoms with van der Waals surface area (Å²) in [6.07, 6.45) is 0. The van der Waals surface area contributed by atoms with Crippen molar-refractivity contribution in [3.05, 3.63) is 0 Å². The Kier molecular flexibility index (Phi) is 29.9. The molecule has 0 aromatic carbocycles. The normalized spacial score (nSPS) is 5.87. The summed E-state index contributed by atoms with van der Waals surface area (Å²) in [4.78, 5) is 36.4. The minimum absolute atomic E-state index is 0. The van der Waals surface area contributed by atoms with E-state index in [0.717, 1.165) is 0 Å². The third-order valence-corrected chi connectivity index (χ3v) is 0.366. The van der Waals surface area contributed by atoms with Crippen LogP contribution < -0.4 is 6.15 Å². The largest absolute Gasteiger partial charge is 0.473 e. The molecule has 15 heavy (non-hydrogen) atoms. The van der Waals surface area contributed by atoms with Crippen molar-refractivity contribution < 1.29 is 73.7 Å². The van der Waals surface area contributed by atoms with Gasteiger partial charge in [0.25, 0.3) is 0 Å². The van der Waals surface area contributed by atoms with Crippen LogP contribution in [0.2, 0.25) is 0 Å². The smallest absolute Gasteiger partial charge is 0.414 e. The van der Waals surface area contributed by atoms with Crippen LogP contribution in [0.4, 0.5) is 0 Å². The Morgan fingerprint density at radius 1 is 0.533 bits per heavy atom. The summed E-state index contributed by atoms with van der Waals surface area (Å²) >= 11 is 0. The first-order valence-corrected chi connectivity index (χ1v) is 2.21. The molecule has 0 saturated carbocycles. The standard InChI is InChI=1S/2C2H2O4.2Fe.H3N/c2*3-1(4)2(5)6;;;/h2*(H,3,4)(H,5,6);;;1H3. The SMILES string of the molecule is N.O=C(O)C(=O)O.O=C(O)C(=O)O.[Fe].[Fe]. The molecule has 92 valence electrons. The molecule has 0 bridgehead atoms. The molecule has 0 aliphatic carbocycles. The van der Waals surface area contributed by atoms with Gasteiger partial charge in [-0.3, -0.25) is 0 Å². The average Bonchev–Trinajstić information content (AvgIpc) is 1.88. The van der Waals surface area contributed by atoms with Crippen LogP contribution in [0.1, 0.15) is 0 Å². The number of carboxylic acids is 4. The van der Waals surface area contributed by atoms with Gasteiger partial charge >= 0.3 is 23.9 Å². The van der Waals surface area contributed by atoms with Crippen molar-refractivity contribution in [1.82, 2.24) is 6.15 Å². The summed E-state index contributed by atoms with van der Waals surface area (Å²) in [5.41, 5.74) is 0. The summed E-state index contributed by atoms with van der Waals surface area (Å²) in [6.45, 7) is 0. The van der Waals surface area contributed by atoms with E-state index < -0.39 is 23.9 Å². The van der Waals surface area contributed by atoms with Gasteiger partial charge in [0.05, 0.1) is 0 Å². The molecule has 9 nitrogen and oxygen atoms in total. The number of carboxylic acid groups (broad SMARTS) is 4. The summed E-state index contributed by atoms with van der Waals surface area (Å²) in [5.74, 6) is -7.30. The molecule has 0 radical (unpaired) electrons. The topological polar surface area (TPSA) is 184 Å². The Hall–Kier alpha value is -1.12.